The minimum atomic E-state index is -0.0221. The molecule has 0 saturated heterocycles. The van der Waals surface area contributed by atoms with Crippen LogP contribution in [0.15, 0.2) is 12.1 Å². The molecule has 116 valence electrons. The van der Waals surface area contributed by atoms with Gasteiger partial charge in [-0.15, -0.1) is 0 Å². The summed E-state index contributed by atoms with van der Waals surface area (Å²) in [5.41, 5.74) is 7.75. The molecule has 3 N–H and O–H groups in total. The smallest absolute Gasteiger partial charge is 0.251 e. The lowest BCUT2D eigenvalue weighted by Gasteiger charge is -2.34. The van der Waals surface area contributed by atoms with Gasteiger partial charge in [-0.2, -0.15) is 0 Å². The molecule has 1 amide bonds. The fourth-order valence-electron chi connectivity index (χ4n) is 2.94. The summed E-state index contributed by atoms with van der Waals surface area (Å²) in [6.07, 6.45) is 6.29. The molecule has 1 aliphatic carbocycles. The van der Waals surface area contributed by atoms with Crippen LogP contribution in [0.4, 0.5) is 5.82 Å². The first-order valence-electron chi connectivity index (χ1n) is 7.97. The zero-order valence-electron chi connectivity index (χ0n) is 13.4. The number of nitrogens with one attached hydrogen (secondary N) is 1. The summed E-state index contributed by atoms with van der Waals surface area (Å²) in [7, 11) is 0. The molecule has 1 aromatic heterocycles. The van der Waals surface area contributed by atoms with Gasteiger partial charge in [0.2, 0.25) is 0 Å². The van der Waals surface area contributed by atoms with Gasteiger partial charge in [0.25, 0.3) is 5.91 Å². The number of carbonyl (C=O) groups excluding carboxylic acids is 1. The number of nitrogen functional groups attached to an aromatic ring is 1. The number of carbonyl (C=O) groups is 1. The lowest BCUT2D eigenvalue weighted by molar-refractivity contribution is 0.0909. The van der Waals surface area contributed by atoms with Crippen molar-refractivity contribution in [2.45, 2.75) is 65.3 Å². The Balaban J connectivity index is 2.00. The number of rotatable bonds is 4. The molecule has 21 heavy (non-hydrogen) atoms. The Morgan fingerprint density at radius 1 is 1.38 bits per heavy atom. The molecule has 1 saturated carbocycles. The van der Waals surface area contributed by atoms with Gasteiger partial charge in [-0.1, -0.05) is 27.2 Å². The van der Waals surface area contributed by atoms with Crippen molar-refractivity contribution in [1.82, 2.24) is 10.3 Å². The Labute approximate surface area is 127 Å². The fourth-order valence-corrected chi connectivity index (χ4v) is 2.94. The first-order chi connectivity index (χ1) is 9.89. The molecule has 0 unspecified atom stereocenters. The Morgan fingerprint density at radius 3 is 2.67 bits per heavy atom. The summed E-state index contributed by atoms with van der Waals surface area (Å²) in [6, 6.07) is 3.82. The minimum Gasteiger partial charge on any atom is -0.384 e. The maximum Gasteiger partial charge on any atom is 0.251 e. The van der Waals surface area contributed by atoms with Crippen LogP contribution in [0.1, 0.15) is 68.9 Å². The van der Waals surface area contributed by atoms with Crippen LogP contribution in [0.3, 0.4) is 0 Å². The largest absolute Gasteiger partial charge is 0.384 e. The number of nitrogens with zero attached hydrogens (tertiary/aromatic N) is 1. The zero-order valence-corrected chi connectivity index (χ0v) is 13.4. The van der Waals surface area contributed by atoms with Crippen molar-refractivity contribution in [2.24, 2.45) is 5.41 Å². The predicted octanol–water partition coefficient (Wildman–Crippen LogP) is 3.31. The van der Waals surface area contributed by atoms with Crippen LogP contribution in [-0.2, 0) is 6.42 Å². The van der Waals surface area contributed by atoms with E-state index in [4.69, 9.17) is 5.73 Å². The topological polar surface area (TPSA) is 68.0 Å². The monoisotopic (exact) mass is 289 g/mol. The van der Waals surface area contributed by atoms with Gasteiger partial charge in [-0.25, -0.2) is 4.98 Å². The van der Waals surface area contributed by atoms with E-state index in [0.29, 0.717) is 16.8 Å². The molecular weight excluding hydrogens is 262 g/mol. The van der Waals surface area contributed by atoms with E-state index in [9.17, 15) is 4.79 Å². The van der Waals surface area contributed by atoms with Crippen molar-refractivity contribution in [3.05, 3.63) is 23.4 Å². The van der Waals surface area contributed by atoms with Crippen LogP contribution in [-0.4, -0.2) is 16.9 Å². The number of anilines is 1. The highest BCUT2D eigenvalue weighted by Crippen LogP contribution is 2.35. The van der Waals surface area contributed by atoms with Gasteiger partial charge in [0.05, 0.1) is 0 Å². The van der Waals surface area contributed by atoms with E-state index < -0.39 is 0 Å². The lowest BCUT2D eigenvalue weighted by Crippen LogP contribution is -2.39. The van der Waals surface area contributed by atoms with Crippen molar-refractivity contribution < 1.29 is 4.79 Å². The maximum atomic E-state index is 12.4. The number of pyridine rings is 1. The highest BCUT2D eigenvalue weighted by molar-refractivity contribution is 5.95. The summed E-state index contributed by atoms with van der Waals surface area (Å²) in [6.45, 7) is 6.69. The summed E-state index contributed by atoms with van der Waals surface area (Å²) >= 11 is 0. The summed E-state index contributed by atoms with van der Waals surface area (Å²) in [5.74, 6) is 0.405. The molecule has 0 atom stereocenters. The van der Waals surface area contributed by atoms with Gasteiger partial charge in [0.15, 0.2) is 0 Å². The molecule has 4 heteroatoms. The number of hydrogen-bond acceptors (Lipinski definition) is 3. The zero-order chi connectivity index (χ0) is 15.5. The Hall–Kier alpha value is -1.58. The summed E-state index contributed by atoms with van der Waals surface area (Å²) in [4.78, 5) is 16.7. The van der Waals surface area contributed by atoms with Crippen molar-refractivity contribution in [3.8, 4) is 0 Å². The van der Waals surface area contributed by atoms with E-state index in [1.54, 1.807) is 6.07 Å². The number of aromatic nitrogens is 1. The molecule has 0 radical (unpaired) electrons. The summed E-state index contributed by atoms with van der Waals surface area (Å²) < 4.78 is 0. The number of aryl methyl sites for hydroxylation is 1. The number of nitrogens with two attached hydrogens (primary N) is 1. The van der Waals surface area contributed by atoms with Crippen molar-refractivity contribution in [3.63, 3.8) is 0 Å². The van der Waals surface area contributed by atoms with Crippen LogP contribution in [0, 0.1) is 5.41 Å². The Bertz CT molecular complexity index is 501. The first kappa shape index (κ1) is 15.8. The summed E-state index contributed by atoms with van der Waals surface area (Å²) in [5, 5.41) is 3.15. The molecule has 1 aromatic rings. The third kappa shape index (κ3) is 4.45. The first-order valence-corrected chi connectivity index (χ1v) is 7.97. The van der Waals surface area contributed by atoms with E-state index in [-0.39, 0.29) is 11.9 Å². The van der Waals surface area contributed by atoms with Crippen molar-refractivity contribution in [2.75, 3.05) is 5.73 Å². The van der Waals surface area contributed by atoms with E-state index in [1.165, 1.54) is 0 Å². The second-order valence-corrected chi connectivity index (χ2v) is 6.93. The molecule has 1 aliphatic rings. The SMILES string of the molecule is CCCc1cc(C(=O)NC2CCC(C)(C)CC2)cc(N)n1. The third-order valence-electron chi connectivity index (χ3n) is 4.34. The molecule has 0 spiro atoms. The minimum absolute atomic E-state index is 0.0221. The predicted molar refractivity (Wildman–Crippen MR) is 86.1 cm³/mol. The van der Waals surface area contributed by atoms with Gasteiger partial charge in [0.1, 0.15) is 5.82 Å². The number of hydrogen-bond donors (Lipinski definition) is 2. The molecular formula is C17H27N3O. The van der Waals surface area contributed by atoms with Gasteiger partial charge in [-0.05, 0) is 49.7 Å². The Kier molecular flexibility index (Phi) is 4.86. The van der Waals surface area contributed by atoms with Crippen molar-refractivity contribution in [1.29, 1.82) is 0 Å². The van der Waals surface area contributed by atoms with E-state index in [0.717, 1.165) is 44.2 Å². The molecule has 0 aromatic carbocycles. The van der Waals surface area contributed by atoms with Gasteiger partial charge >= 0.3 is 0 Å². The van der Waals surface area contributed by atoms with Crippen LogP contribution in [0.2, 0.25) is 0 Å². The maximum absolute atomic E-state index is 12.4. The quantitative estimate of drug-likeness (QED) is 0.893. The molecule has 0 aliphatic heterocycles. The van der Waals surface area contributed by atoms with Crippen molar-refractivity contribution >= 4 is 11.7 Å². The van der Waals surface area contributed by atoms with E-state index in [1.807, 2.05) is 6.07 Å². The molecule has 1 heterocycles. The second-order valence-electron chi connectivity index (χ2n) is 6.93. The van der Waals surface area contributed by atoms with Crippen LogP contribution in [0.5, 0.6) is 0 Å². The molecule has 1 fully saturated rings. The standard InChI is InChI=1S/C17H27N3O/c1-4-5-14-10-12(11-15(18)19-14)16(21)20-13-6-8-17(2,3)9-7-13/h10-11,13H,4-9H2,1-3H3,(H2,18,19)(H,20,21). The molecule has 4 nitrogen and oxygen atoms in total. The van der Waals surface area contributed by atoms with Crippen LogP contribution >= 0.6 is 0 Å². The lowest BCUT2D eigenvalue weighted by atomic mass is 9.75. The van der Waals surface area contributed by atoms with Gasteiger partial charge < -0.3 is 11.1 Å². The average Bonchev–Trinajstić information content (AvgIpc) is 2.41. The Morgan fingerprint density at radius 2 is 2.05 bits per heavy atom. The molecule has 0 bridgehead atoms. The van der Waals surface area contributed by atoms with E-state index in [2.05, 4.69) is 31.1 Å². The highest BCUT2D eigenvalue weighted by Gasteiger charge is 2.27. The normalized spacial score (nSPS) is 18.4. The van der Waals surface area contributed by atoms with Crippen LogP contribution < -0.4 is 11.1 Å². The number of amides is 1. The highest BCUT2D eigenvalue weighted by atomic mass is 16.1. The second kappa shape index (κ2) is 6.46. The average molecular weight is 289 g/mol. The van der Waals surface area contributed by atoms with Crippen LogP contribution in [0.25, 0.3) is 0 Å². The fraction of sp³-hybridized carbons (Fsp3) is 0.647. The van der Waals surface area contributed by atoms with Gasteiger partial charge in [0, 0.05) is 17.3 Å². The van der Waals surface area contributed by atoms with Gasteiger partial charge in [-0.3, -0.25) is 4.79 Å². The van der Waals surface area contributed by atoms with E-state index >= 15 is 0 Å². The molecule has 2 rings (SSSR count). The third-order valence-corrected chi connectivity index (χ3v) is 4.34.